The number of benzene rings is 1. The van der Waals surface area contributed by atoms with Crippen LogP contribution in [0.2, 0.25) is 0 Å². The van der Waals surface area contributed by atoms with E-state index in [0.29, 0.717) is 25.6 Å². The molecule has 0 amide bonds. The average molecular weight is 323 g/mol. The zero-order valence-corrected chi connectivity index (χ0v) is 14.0. The zero-order valence-electron chi connectivity index (χ0n) is 13.2. The van der Waals surface area contributed by atoms with Gasteiger partial charge in [-0.3, -0.25) is 0 Å². The molecule has 122 valence electrons. The highest BCUT2D eigenvalue weighted by Crippen LogP contribution is 2.21. The van der Waals surface area contributed by atoms with Gasteiger partial charge in [0.15, 0.2) is 0 Å². The van der Waals surface area contributed by atoms with E-state index in [0.717, 1.165) is 37.9 Å². The van der Waals surface area contributed by atoms with Crippen LogP contribution in [0, 0.1) is 5.92 Å². The van der Waals surface area contributed by atoms with Crippen LogP contribution in [0.5, 0.6) is 0 Å². The number of piperidine rings is 1. The molecular weight excluding hydrogens is 298 g/mol. The predicted octanol–water partition coefficient (Wildman–Crippen LogP) is 1.22. The topological polar surface area (TPSA) is 52.7 Å². The standard InChI is InChI=1S/C16H25N3O2S/c1-18-9-4-5-14(12-18)11-17-22(20,21)19-10-8-15-6-2-3-7-16(15)13-19/h2-3,6-7,14,17H,4-5,8-13H2,1H3/t14-/m0/s1. The van der Waals surface area contributed by atoms with Crippen molar-refractivity contribution in [3.63, 3.8) is 0 Å². The molecule has 0 bridgehead atoms. The lowest BCUT2D eigenvalue weighted by Crippen LogP contribution is -2.46. The molecule has 6 heteroatoms. The third-order valence-electron chi connectivity index (χ3n) is 4.71. The number of hydrogen-bond acceptors (Lipinski definition) is 3. The first-order valence-electron chi connectivity index (χ1n) is 8.04. The van der Waals surface area contributed by atoms with Crippen LogP contribution in [0.4, 0.5) is 0 Å². The quantitative estimate of drug-likeness (QED) is 0.906. The summed E-state index contributed by atoms with van der Waals surface area (Å²) in [5.41, 5.74) is 2.39. The first-order chi connectivity index (χ1) is 10.5. The average Bonchev–Trinajstić information content (AvgIpc) is 2.53. The van der Waals surface area contributed by atoms with E-state index in [4.69, 9.17) is 0 Å². The van der Waals surface area contributed by atoms with E-state index in [2.05, 4.69) is 22.7 Å². The van der Waals surface area contributed by atoms with Crippen molar-refractivity contribution in [3.05, 3.63) is 35.4 Å². The fourth-order valence-corrected chi connectivity index (χ4v) is 4.70. The fraction of sp³-hybridized carbons (Fsp3) is 0.625. The van der Waals surface area contributed by atoms with E-state index in [1.807, 2.05) is 18.2 Å². The predicted molar refractivity (Wildman–Crippen MR) is 87.7 cm³/mol. The summed E-state index contributed by atoms with van der Waals surface area (Å²) in [4.78, 5) is 2.28. The van der Waals surface area contributed by atoms with Crippen LogP contribution in [0.15, 0.2) is 24.3 Å². The first-order valence-corrected chi connectivity index (χ1v) is 9.48. The lowest BCUT2D eigenvalue weighted by molar-refractivity contribution is 0.210. The molecule has 1 saturated heterocycles. The number of likely N-dealkylation sites (tertiary alicyclic amines) is 1. The van der Waals surface area contributed by atoms with Gasteiger partial charge >= 0.3 is 0 Å². The monoisotopic (exact) mass is 323 g/mol. The smallest absolute Gasteiger partial charge is 0.279 e. The Labute approximate surface area is 133 Å². The Morgan fingerprint density at radius 3 is 2.77 bits per heavy atom. The van der Waals surface area contributed by atoms with Crippen molar-refractivity contribution < 1.29 is 8.42 Å². The summed E-state index contributed by atoms with van der Waals surface area (Å²) in [5, 5.41) is 0. The Balaban J connectivity index is 1.59. The Morgan fingerprint density at radius 2 is 2.00 bits per heavy atom. The Hall–Kier alpha value is -0.950. The van der Waals surface area contributed by atoms with Gasteiger partial charge in [-0.05, 0) is 49.9 Å². The number of fused-ring (bicyclic) bond motifs is 1. The second-order valence-corrected chi connectivity index (χ2v) is 8.23. The molecule has 2 aliphatic heterocycles. The van der Waals surface area contributed by atoms with Gasteiger partial charge in [-0.2, -0.15) is 12.7 Å². The van der Waals surface area contributed by atoms with Crippen molar-refractivity contribution in [2.24, 2.45) is 5.92 Å². The van der Waals surface area contributed by atoms with Gasteiger partial charge < -0.3 is 4.90 Å². The van der Waals surface area contributed by atoms with Crippen molar-refractivity contribution in [3.8, 4) is 0 Å². The van der Waals surface area contributed by atoms with Crippen LogP contribution in [0.1, 0.15) is 24.0 Å². The van der Waals surface area contributed by atoms with Crippen molar-refractivity contribution >= 4 is 10.2 Å². The number of hydrogen-bond donors (Lipinski definition) is 1. The molecule has 0 radical (unpaired) electrons. The SMILES string of the molecule is CN1CCC[C@@H](CNS(=O)(=O)N2CCc3ccccc3C2)C1. The summed E-state index contributed by atoms with van der Waals surface area (Å²) in [7, 11) is -1.28. The highest BCUT2D eigenvalue weighted by molar-refractivity contribution is 7.87. The molecule has 1 N–H and O–H groups in total. The molecule has 1 aromatic carbocycles. The summed E-state index contributed by atoms with van der Waals surface area (Å²) >= 11 is 0. The van der Waals surface area contributed by atoms with Crippen LogP contribution in [-0.4, -0.2) is 50.8 Å². The molecule has 2 aliphatic rings. The third kappa shape index (κ3) is 3.68. The molecule has 3 rings (SSSR count). The molecule has 1 aromatic rings. The van der Waals surface area contributed by atoms with Gasteiger partial charge in [-0.25, -0.2) is 4.72 Å². The van der Waals surface area contributed by atoms with Crippen molar-refractivity contribution in [2.75, 3.05) is 33.2 Å². The summed E-state index contributed by atoms with van der Waals surface area (Å²) in [6.45, 7) is 3.69. The van der Waals surface area contributed by atoms with E-state index >= 15 is 0 Å². The van der Waals surface area contributed by atoms with E-state index in [9.17, 15) is 8.42 Å². The fourth-order valence-electron chi connectivity index (χ4n) is 3.43. The molecule has 1 atom stereocenters. The van der Waals surface area contributed by atoms with Crippen LogP contribution >= 0.6 is 0 Å². The van der Waals surface area contributed by atoms with Crippen molar-refractivity contribution in [1.82, 2.24) is 13.9 Å². The van der Waals surface area contributed by atoms with Gasteiger partial charge in [0, 0.05) is 26.2 Å². The van der Waals surface area contributed by atoms with Crippen LogP contribution in [0.25, 0.3) is 0 Å². The molecule has 5 nitrogen and oxygen atoms in total. The normalized spacial score (nSPS) is 24.1. The lowest BCUT2D eigenvalue weighted by atomic mass is 9.99. The molecule has 2 heterocycles. The maximum Gasteiger partial charge on any atom is 0.279 e. The highest BCUT2D eigenvalue weighted by Gasteiger charge is 2.27. The van der Waals surface area contributed by atoms with E-state index < -0.39 is 10.2 Å². The molecule has 0 spiro atoms. The Morgan fingerprint density at radius 1 is 1.23 bits per heavy atom. The highest BCUT2D eigenvalue weighted by atomic mass is 32.2. The van der Waals surface area contributed by atoms with Gasteiger partial charge in [-0.1, -0.05) is 24.3 Å². The van der Waals surface area contributed by atoms with Gasteiger partial charge in [0.05, 0.1) is 0 Å². The largest absolute Gasteiger partial charge is 0.306 e. The van der Waals surface area contributed by atoms with Gasteiger partial charge in [0.2, 0.25) is 0 Å². The summed E-state index contributed by atoms with van der Waals surface area (Å²) < 4.78 is 29.4. The summed E-state index contributed by atoms with van der Waals surface area (Å²) in [5.74, 6) is 0.422. The minimum atomic E-state index is -3.38. The molecule has 1 fully saturated rings. The van der Waals surface area contributed by atoms with Crippen LogP contribution in [0.3, 0.4) is 0 Å². The molecular formula is C16H25N3O2S. The van der Waals surface area contributed by atoms with Crippen molar-refractivity contribution in [1.29, 1.82) is 0 Å². The van der Waals surface area contributed by atoms with Gasteiger partial charge in [0.25, 0.3) is 10.2 Å². The number of nitrogens with zero attached hydrogens (tertiary/aromatic N) is 2. The first kappa shape index (κ1) is 15.9. The second-order valence-electron chi connectivity index (χ2n) is 6.48. The maximum atomic E-state index is 12.5. The second kappa shape index (κ2) is 6.66. The van der Waals surface area contributed by atoms with E-state index in [1.165, 1.54) is 5.56 Å². The van der Waals surface area contributed by atoms with Crippen LogP contribution in [-0.2, 0) is 23.2 Å². The minimum absolute atomic E-state index is 0.422. The van der Waals surface area contributed by atoms with Crippen LogP contribution < -0.4 is 4.72 Å². The van der Waals surface area contributed by atoms with E-state index in [-0.39, 0.29) is 0 Å². The summed E-state index contributed by atoms with van der Waals surface area (Å²) in [6, 6.07) is 8.10. The lowest BCUT2D eigenvalue weighted by Gasteiger charge is -2.31. The van der Waals surface area contributed by atoms with Crippen molar-refractivity contribution in [2.45, 2.75) is 25.8 Å². The Kier molecular flexibility index (Phi) is 4.82. The Bertz CT molecular complexity index is 618. The maximum absolute atomic E-state index is 12.5. The number of rotatable bonds is 4. The van der Waals surface area contributed by atoms with Gasteiger partial charge in [0.1, 0.15) is 0 Å². The zero-order chi connectivity index (χ0) is 15.6. The molecule has 0 aliphatic carbocycles. The molecule has 0 aromatic heterocycles. The molecule has 0 saturated carbocycles. The summed E-state index contributed by atoms with van der Waals surface area (Å²) in [6.07, 6.45) is 3.05. The number of nitrogens with one attached hydrogen (secondary N) is 1. The van der Waals surface area contributed by atoms with Gasteiger partial charge in [-0.15, -0.1) is 0 Å². The third-order valence-corrected chi connectivity index (χ3v) is 6.24. The minimum Gasteiger partial charge on any atom is -0.306 e. The molecule has 0 unspecified atom stereocenters. The van der Waals surface area contributed by atoms with E-state index in [1.54, 1.807) is 4.31 Å². The molecule has 22 heavy (non-hydrogen) atoms.